The second-order valence-corrected chi connectivity index (χ2v) is 4.82. The molecule has 0 spiro atoms. The predicted octanol–water partition coefficient (Wildman–Crippen LogP) is 2.01. The highest BCUT2D eigenvalue weighted by atomic mass is 79.9. The lowest BCUT2D eigenvalue weighted by molar-refractivity contribution is -0.140. The molecule has 0 radical (unpaired) electrons. The van der Waals surface area contributed by atoms with Crippen LogP contribution in [0, 0.1) is 5.92 Å². The van der Waals surface area contributed by atoms with Crippen LogP contribution in [0.25, 0.3) is 0 Å². The number of hydrogen-bond acceptors (Lipinski definition) is 2. The van der Waals surface area contributed by atoms with Crippen LogP contribution in [0.15, 0.2) is 16.7 Å². The summed E-state index contributed by atoms with van der Waals surface area (Å²) in [4.78, 5) is 25.6. The molecule has 0 aliphatic heterocycles. The van der Waals surface area contributed by atoms with E-state index in [0.717, 1.165) is 4.47 Å². The Morgan fingerprint density at radius 1 is 1.59 bits per heavy atom. The molecule has 2 unspecified atom stereocenters. The average Bonchev–Trinajstić information content (AvgIpc) is 2.71. The number of carbonyl (C=O) groups is 2. The Balaban J connectivity index is 2.74. The smallest absolute Gasteiger partial charge is 0.326 e. The Morgan fingerprint density at radius 3 is 2.65 bits per heavy atom. The highest BCUT2D eigenvalue weighted by molar-refractivity contribution is 9.10. The summed E-state index contributed by atoms with van der Waals surface area (Å²) in [6.07, 6.45) is 2.31. The zero-order valence-electron chi connectivity index (χ0n) is 9.66. The molecular weight excluding hydrogens is 288 g/mol. The van der Waals surface area contributed by atoms with E-state index in [9.17, 15) is 9.59 Å². The Morgan fingerprint density at radius 2 is 2.24 bits per heavy atom. The van der Waals surface area contributed by atoms with Crippen molar-refractivity contribution < 1.29 is 14.7 Å². The molecule has 0 saturated carbocycles. The van der Waals surface area contributed by atoms with Crippen molar-refractivity contribution in [3.05, 3.63) is 22.4 Å². The summed E-state index contributed by atoms with van der Waals surface area (Å²) in [6.45, 7) is 3.68. The molecule has 94 valence electrons. The minimum atomic E-state index is -1.02. The number of carbonyl (C=O) groups excluding carboxylic acids is 1. The van der Waals surface area contributed by atoms with Gasteiger partial charge in [0.25, 0.3) is 5.91 Å². The highest BCUT2D eigenvalue weighted by Gasteiger charge is 2.26. The molecule has 17 heavy (non-hydrogen) atoms. The largest absolute Gasteiger partial charge is 0.480 e. The Labute approximate surface area is 108 Å². The zero-order chi connectivity index (χ0) is 13.0. The van der Waals surface area contributed by atoms with Crippen LogP contribution >= 0.6 is 15.9 Å². The quantitative estimate of drug-likeness (QED) is 0.778. The molecule has 0 bridgehead atoms. The molecule has 2 atom stereocenters. The van der Waals surface area contributed by atoms with Gasteiger partial charge in [0.1, 0.15) is 11.7 Å². The van der Waals surface area contributed by atoms with Crippen molar-refractivity contribution in [2.75, 3.05) is 0 Å². The third kappa shape index (κ3) is 3.59. The molecule has 1 aromatic heterocycles. The molecule has 0 aliphatic rings. The van der Waals surface area contributed by atoms with Crippen molar-refractivity contribution >= 4 is 27.8 Å². The van der Waals surface area contributed by atoms with Crippen LogP contribution in [0.3, 0.4) is 0 Å². The van der Waals surface area contributed by atoms with Gasteiger partial charge in [-0.05, 0) is 27.9 Å². The minimum absolute atomic E-state index is 0.116. The van der Waals surface area contributed by atoms with E-state index in [1.165, 1.54) is 0 Å². The number of carboxylic acids is 1. The van der Waals surface area contributed by atoms with Crippen molar-refractivity contribution in [2.45, 2.75) is 26.3 Å². The first-order valence-corrected chi connectivity index (χ1v) is 6.12. The van der Waals surface area contributed by atoms with E-state index in [4.69, 9.17) is 5.11 Å². The first-order valence-electron chi connectivity index (χ1n) is 5.33. The van der Waals surface area contributed by atoms with Crippen molar-refractivity contribution in [2.24, 2.45) is 5.92 Å². The van der Waals surface area contributed by atoms with Crippen LogP contribution in [-0.2, 0) is 4.79 Å². The van der Waals surface area contributed by atoms with Gasteiger partial charge in [0, 0.05) is 10.7 Å². The van der Waals surface area contributed by atoms with Crippen LogP contribution in [0.1, 0.15) is 30.8 Å². The molecule has 6 heteroatoms. The number of aromatic nitrogens is 1. The van der Waals surface area contributed by atoms with Gasteiger partial charge in [-0.15, -0.1) is 0 Å². The van der Waals surface area contributed by atoms with Crippen LogP contribution in [0.4, 0.5) is 0 Å². The van der Waals surface area contributed by atoms with Crippen LogP contribution in [0.5, 0.6) is 0 Å². The molecule has 0 aromatic carbocycles. The van der Waals surface area contributed by atoms with Gasteiger partial charge in [-0.2, -0.15) is 0 Å². The SMILES string of the molecule is CCC(C)C(NC(=O)c1cc(Br)c[nH]1)C(=O)O. The fourth-order valence-electron chi connectivity index (χ4n) is 1.40. The molecule has 5 nitrogen and oxygen atoms in total. The number of hydrogen-bond donors (Lipinski definition) is 3. The lowest BCUT2D eigenvalue weighted by Crippen LogP contribution is -2.45. The van der Waals surface area contributed by atoms with E-state index in [0.29, 0.717) is 12.1 Å². The van der Waals surface area contributed by atoms with Crippen molar-refractivity contribution in [1.29, 1.82) is 0 Å². The first kappa shape index (κ1) is 13.8. The van der Waals surface area contributed by atoms with E-state index < -0.39 is 17.9 Å². The van der Waals surface area contributed by atoms with E-state index in [1.54, 1.807) is 19.2 Å². The molecule has 1 rings (SSSR count). The Bertz CT molecular complexity index is 417. The van der Waals surface area contributed by atoms with Gasteiger partial charge < -0.3 is 15.4 Å². The number of halogens is 1. The summed E-state index contributed by atoms with van der Waals surface area (Å²) in [7, 11) is 0. The number of amides is 1. The van der Waals surface area contributed by atoms with Crippen LogP contribution < -0.4 is 5.32 Å². The topological polar surface area (TPSA) is 82.2 Å². The number of aliphatic carboxylic acids is 1. The van der Waals surface area contributed by atoms with Crippen molar-refractivity contribution in [3.63, 3.8) is 0 Å². The minimum Gasteiger partial charge on any atom is -0.480 e. The van der Waals surface area contributed by atoms with Gasteiger partial charge >= 0.3 is 5.97 Å². The number of carboxylic acid groups (broad SMARTS) is 1. The molecule has 0 fully saturated rings. The molecule has 1 aromatic rings. The highest BCUT2D eigenvalue weighted by Crippen LogP contribution is 2.12. The van der Waals surface area contributed by atoms with Gasteiger partial charge in [0.2, 0.25) is 0 Å². The van der Waals surface area contributed by atoms with Crippen LogP contribution in [0.2, 0.25) is 0 Å². The number of H-pyrrole nitrogens is 1. The summed E-state index contributed by atoms with van der Waals surface area (Å²) in [5.74, 6) is -1.54. The van der Waals surface area contributed by atoms with E-state index >= 15 is 0 Å². The van der Waals surface area contributed by atoms with Gasteiger partial charge in [-0.3, -0.25) is 4.79 Å². The lowest BCUT2D eigenvalue weighted by Gasteiger charge is -2.19. The summed E-state index contributed by atoms with van der Waals surface area (Å²) >= 11 is 3.21. The maximum atomic E-state index is 11.8. The maximum Gasteiger partial charge on any atom is 0.326 e. The van der Waals surface area contributed by atoms with E-state index in [-0.39, 0.29) is 5.92 Å². The number of rotatable bonds is 5. The fraction of sp³-hybridized carbons (Fsp3) is 0.455. The second kappa shape index (κ2) is 5.86. The molecule has 1 amide bonds. The van der Waals surface area contributed by atoms with E-state index in [2.05, 4.69) is 26.2 Å². The first-order chi connectivity index (χ1) is 7.95. The summed E-state index contributed by atoms with van der Waals surface area (Å²) in [5.41, 5.74) is 0.339. The lowest BCUT2D eigenvalue weighted by atomic mass is 9.99. The fourth-order valence-corrected chi connectivity index (χ4v) is 1.74. The molecule has 3 N–H and O–H groups in total. The average molecular weight is 303 g/mol. The predicted molar refractivity (Wildman–Crippen MR) is 66.8 cm³/mol. The van der Waals surface area contributed by atoms with Gasteiger partial charge in [-0.1, -0.05) is 20.3 Å². The Hall–Kier alpha value is -1.30. The normalized spacial score (nSPS) is 14.1. The van der Waals surface area contributed by atoms with Gasteiger partial charge in [0.05, 0.1) is 0 Å². The van der Waals surface area contributed by atoms with Crippen molar-refractivity contribution in [3.8, 4) is 0 Å². The monoisotopic (exact) mass is 302 g/mol. The summed E-state index contributed by atoms with van der Waals surface area (Å²) < 4.78 is 0.748. The summed E-state index contributed by atoms with van der Waals surface area (Å²) in [5, 5.41) is 11.5. The molecule has 1 heterocycles. The number of nitrogens with one attached hydrogen (secondary N) is 2. The second-order valence-electron chi connectivity index (χ2n) is 3.91. The van der Waals surface area contributed by atoms with E-state index in [1.807, 2.05) is 6.92 Å². The van der Waals surface area contributed by atoms with Gasteiger partial charge in [0.15, 0.2) is 0 Å². The third-order valence-corrected chi connectivity index (χ3v) is 3.12. The number of aromatic amines is 1. The zero-order valence-corrected chi connectivity index (χ0v) is 11.2. The van der Waals surface area contributed by atoms with Crippen LogP contribution in [-0.4, -0.2) is 28.0 Å². The summed E-state index contributed by atoms with van der Waals surface area (Å²) in [6, 6.07) is 0.736. The standard InChI is InChI=1S/C11H15BrN2O3/c1-3-6(2)9(11(16)17)14-10(15)8-4-7(12)5-13-8/h4-6,9,13H,3H2,1-2H3,(H,14,15)(H,16,17). The third-order valence-electron chi connectivity index (χ3n) is 2.66. The maximum absolute atomic E-state index is 11.8. The van der Waals surface area contributed by atoms with Crippen molar-refractivity contribution in [1.82, 2.24) is 10.3 Å². The molecule has 0 aliphatic carbocycles. The Kier molecular flexibility index (Phi) is 4.74. The molecular formula is C11H15BrN2O3. The molecule has 0 saturated heterocycles. The van der Waals surface area contributed by atoms with Gasteiger partial charge in [-0.25, -0.2) is 4.79 Å².